The highest BCUT2D eigenvalue weighted by molar-refractivity contribution is 7.15. The molecule has 2 heterocycles. The van der Waals surface area contributed by atoms with E-state index in [0.717, 1.165) is 21.9 Å². The first kappa shape index (κ1) is 23.8. The monoisotopic (exact) mass is 479 g/mol. The van der Waals surface area contributed by atoms with Crippen LogP contribution in [0, 0.1) is 0 Å². The van der Waals surface area contributed by atoms with Crippen LogP contribution in [0.3, 0.4) is 0 Å². The number of nitrogens with one attached hydrogen (secondary N) is 1. The van der Waals surface area contributed by atoms with Gasteiger partial charge in [0.15, 0.2) is 11.7 Å². The largest absolute Gasteiger partial charge is 0.497 e. The molecule has 2 amide bonds. The maximum Gasteiger partial charge on any atom is 0.264 e. The highest BCUT2D eigenvalue weighted by Gasteiger charge is 2.25. The molecule has 8 heteroatoms. The maximum atomic E-state index is 12.8. The number of hydrogen-bond donors (Lipinski definition) is 1. The molecule has 4 rings (SSSR count). The number of aromatic nitrogens is 1. The van der Waals surface area contributed by atoms with Crippen LogP contribution in [0.2, 0.25) is 0 Å². The smallest absolute Gasteiger partial charge is 0.264 e. The molecular weight excluding hydrogens is 450 g/mol. The summed E-state index contributed by atoms with van der Waals surface area (Å²) in [6, 6.07) is 14.8. The van der Waals surface area contributed by atoms with Crippen LogP contribution >= 0.6 is 11.3 Å². The number of ether oxygens (including phenoxy) is 2. The van der Waals surface area contributed by atoms with E-state index >= 15 is 0 Å². The van der Waals surface area contributed by atoms with Gasteiger partial charge in [0, 0.05) is 29.0 Å². The molecule has 3 aromatic rings. The van der Waals surface area contributed by atoms with E-state index in [1.54, 1.807) is 7.11 Å². The molecule has 0 aliphatic carbocycles. The summed E-state index contributed by atoms with van der Waals surface area (Å²) in [7, 11) is 1.63. The van der Waals surface area contributed by atoms with Gasteiger partial charge in [0.1, 0.15) is 11.5 Å². The van der Waals surface area contributed by atoms with E-state index in [0.29, 0.717) is 36.0 Å². The molecule has 0 fully saturated rings. The van der Waals surface area contributed by atoms with Crippen LogP contribution in [-0.4, -0.2) is 42.0 Å². The lowest BCUT2D eigenvalue weighted by molar-refractivity contribution is -0.118. The number of carbonyl (C=O) groups is 2. The topological polar surface area (TPSA) is 80.8 Å². The van der Waals surface area contributed by atoms with Crippen LogP contribution in [0.25, 0.3) is 0 Å². The van der Waals surface area contributed by atoms with Crippen molar-refractivity contribution in [1.29, 1.82) is 0 Å². The Hall–Kier alpha value is -3.39. The molecule has 178 valence electrons. The number of rotatable bonds is 6. The second kappa shape index (κ2) is 9.85. The summed E-state index contributed by atoms with van der Waals surface area (Å²) in [5.74, 6) is 1.12. The Morgan fingerprint density at radius 3 is 2.62 bits per heavy atom. The van der Waals surface area contributed by atoms with Gasteiger partial charge in [0.05, 0.1) is 19.3 Å². The van der Waals surface area contributed by atoms with Crippen molar-refractivity contribution in [2.24, 2.45) is 0 Å². The summed E-state index contributed by atoms with van der Waals surface area (Å²) >= 11 is 1.40. The Balaban J connectivity index is 1.38. The van der Waals surface area contributed by atoms with Crippen molar-refractivity contribution >= 4 is 28.3 Å². The van der Waals surface area contributed by atoms with Gasteiger partial charge in [-0.05, 0) is 35.7 Å². The number of nitrogens with zero attached hydrogens (tertiary/aromatic N) is 2. The fourth-order valence-corrected chi connectivity index (χ4v) is 4.87. The Morgan fingerprint density at radius 1 is 1.15 bits per heavy atom. The molecule has 0 saturated carbocycles. The Morgan fingerprint density at radius 2 is 1.91 bits per heavy atom. The first-order chi connectivity index (χ1) is 16.2. The Labute approximate surface area is 203 Å². The summed E-state index contributed by atoms with van der Waals surface area (Å²) in [6.45, 7) is 7.22. The van der Waals surface area contributed by atoms with Crippen LogP contribution in [0.15, 0.2) is 48.5 Å². The summed E-state index contributed by atoms with van der Waals surface area (Å²) < 4.78 is 11.2. The molecule has 1 aliphatic rings. The van der Waals surface area contributed by atoms with E-state index in [-0.39, 0.29) is 23.8 Å². The average Bonchev–Trinajstić information content (AvgIpc) is 3.23. The summed E-state index contributed by atoms with van der Waals surface area (Å²) in [5.41, 5.74) is 2.41. The number of thiazole rings is 1. The Bertz CT molecular complexity index is 1180. The van der Waals surface area contributed by atoms with E-state index in [1.807, 2.05) is 53.4 Å². The molecule has 1 N–H and O–H groups in total. The van der Waals surface area contributed by atoms with Crippen LogP contribution in [0.5, 0.6) is 11.5 Å². The predicted octanol–water partition coefficient (Wildman–Crippen LogP) is 4.67. The van der Waals surface area contributed by atoms with Gasteiger partial charge in [0.25, 0.3) is 11.8 Å². The molecule has 0 radical (unpaired) electrons. The lowest BCUT2D eigenvalue weighted by Crippen LogP contribution is -2.35. The molecule has 1 aromatic heterocycles. The van der Waals surface area contributed by atoms with Gasteiger partial charge in [-0.1, -0.05) is 50.3 Å². The van der Waals surface area contributed by atoms with Gasteiger partial charge in [-0.25, -0.2) is 4.98 Å². The summed E-state index contributed by atoms with van der Waals surface area (Å²) in [4.78, 5) is 32.7. The average molecular weight is 480 g/mol. The molecule has 0 unspecified atom stereocenters. The van der Waals surface area contributed by atoms with E-state index in [1.165, 1.54) is 11.3 Å². The van der Waals surface area contributed by atoms with Crippen LogP contribution < -0.4 is 14.8 Å². The molecule has 34 heavy (non-hydrogen) atoms. The third kappa shape index (κ3) is 5.39. The van der Waals surface area contributed by atoms with Crippen molar-refractivity contribution in [2.45, 2.75) is 39.2 Å². The van der Waals surface area contributed by atoms with Gasteiger partial charge >= 0.3 is 0 Å². The van der Waals surface area contributed by atoms with Crippen LogP contribution in [0.4, 0.5) is 5.13 Å². The minimum Gasteiger partial charge on any atom is -0.497 e. The zero-order chi connectivity index (χ0) is 24.3. The predicted molar refractivity (Wildman–Crippen MR) is 133 cm³/mol. The number of benzene rings is 2. The molecule has 0 spiro atoms. The van der Waals surface area contributed by atoms with Gasteiger partial charge in [-0.2, -0.15) is 0 Å². The maximum absolute atomic E-state index is 12.8. The first-order valence-electron chi connectivity index (χ1n) is 11.2. The molecule has 7 nitrogen and oxygen atoms in total. The minimum atomic E-state index is -0.279. The second-order valence-corrected chi connectivity index (χ2v) is 10.3. The highest BCUT2D eigenvalue weighted by atomic mass is 32.1. The summed E-state index contributed by atoms with van der Waals surface area (Å²) in [6.07, 6.45) is 0.664. The second-order valence-electron chi connectivity index (χ2n) is 9.18. The van der Waals surface area contributed by atoms with Gasteiger partial charge < -0.3 is 14.4 Å². The molecular formula is C26H29N3O4S. The highest BCUT2D eigenvalue weighted by Crippen LogP contribution is 2.34. The zero-order valence-corrected chi connectivity index (χ0v) is 20.7. The lowest BCUT2D eigenvalue weighted by atomic mass is 9.86. The van der Waals surface area contributed by atoms with E-state index in [9.17, 15) is 9.59 Å². The van der Waals surface area contributed by atoms with Crippen LogP contribution in [0.1, 0.15) is 47.3 Å². The number of methoxy groups -OCH3 is 1. The van der Waals surface area contributed by atoms with Crippen molar-refractivity contribution in [1.82, 2.24) is 9.88 Å². The molecule has 1 aliphatic heterocycles. The molecule has 0 atom stereocenters. The van der Waals surface area contributed by atoms with Gasteiger partial charge in [-0.15, -0.1) is 0 Å². The number of amides is 2. The first-order valence-corrected chi connectivity index (χ1v) is 12.0. The molecule has 0 saturated heterocycles. The fraction of sp³-hybridized carbons (Fsp3) is 0.346. The van der Waals surface area contributed by atoms with Gasteiger partial charge in [0.2, 0.25) is 0 Å². The van der Waals surface area contributed by atoms with Crippen molar-refractivity contribution in [3.05, 3.63) is 70.2 Å². The van der Waals surface area contributed by atoms with E-state index in [2.05, 4.69) is 31.1 Å². The third-order valence-electron chi connectivity index (χ3n) is 5.64. The molecule has 2 aromatic carbocycles. The fourth-order valence-electron chi connectivity index (χ4n) is 3.83. The number of carbonyl (C=O) groups excluding carboxylic acids is 2. The lowest BCUT2D eigenvalue weighted by Gasteiger charge is -2.26. The van der Waals surface area contributed by atoms with Gasteiger partial charge in [-0.3, -0.25) is 14.9 Å². The number of anilines is 1. The van der Waals surface area contributed by atoms with E-state index in [4.69, 9.17) is 9.47 Å². The third-order valence-corrected chi connectivity index (χ3v) is 6.64. The van der Waals surface area contributed by atoms with Crippen molar-refractivity contribution in [3.63, 3.8) is 0 Å². The van der Waals surface area contributed by atoms with E-state index < -0.39 is 0 Å². The quantitative estimate of drug-likeness (QED) is 0.556. The zero-order valence-electron chi connectivity index (χ0n) is 19.9. The standard InChI is InChI=1S/C26H29N3O4S/c1-26(2,3)19-14-18(32-4)10-11-21(19)33-16-23(30)28-25-27-20-12-13-29(15-22(20)34-25)24(31)17-8-6-5-7-9-17/h5-11,14H,12-13,15-16H2,1-4H3,(H,27,28,30). The number of hydrogen-bond acceptors (Lipinski definition) is 6. The number of fused-ring (bicyclic) bond motifs is 1. The van der Waals surface area contributed by atoms with Crippen molar-refractivity contribution < 1.29 is 19.1 Å². The normalized spacial score (nSPS) is 13.2. The molecule has 0 bridgehead atoms. The van der Waals surface area contributed by atoms with Crippen molar-refractivity contribution in [2.75, 3.05) is 25.6 Å². The van der Waals surface area contributed by atoms with Crippen LogP contribution in [-0.2, 0) is 23.2 Å². The summed E-state index contributed by atoms with van der Waals surface area (Å²) in [5, 5.41) is 3.37. The Kier molecular flexibility index (Phi) is 6.88. The SMILES string of the molecule is COc1ccc(OCC(=O)Nc2nc3c(s2)CN(C(=O)c2ccccc2)CC3)c(C(C)(C)C)c1. The minimum absolute atomic E-state index is 0.00720. The van der Waals surface area contributed by atoms with Crippen molar-refractivity contribution in [3.8, 4) is 11.5 Å².